The molecular weight excluding hydrogens is 323 g/mol. The number of nitrogens with one attached hydrogen (secondary N) is 1. The summed E-state index contributed by atoms with van der Waals surface area (Å²) in [5.74, 6) is -0.438. The first kappa shape index (κ1) is 14.6. The molecule has 6 heteroatoms. The normalized spacial score (nSPS) is 11.4. The van der Waals surface area contributed by atoms with Gasteiger partial charge in [-0.3, -0.25) is 0 Å². The highest BCUT2D eigenvalue weighted by atomic mass is 35.5. The Morgan fingerprint density at radius 2 is 1.95 bits per heavy atom. The van der Waals surface area contributed by atoms with E-state index in [1.165, 1.54) is 6.07 Å². The van der Waals surface area contributed by atoms with Gasteiger partial charge < -0.3 is 10.1 Å². The summed E-state index contributed by atoms with van der Waals surface area (Å²) < 4.78 is 0. The molecule has 0 saturated heterocycles. The molecule has 22 heavy (non-hydrogen) atoms. The summed E-state index contributed by atoms with van der Waals surface area (Å²) in [6.45, 7) is 0. The summed E-state index contributed by atoms with van der Waals surface area (Å²) in [5, 5.41) is 10.1. The molecule has 0 atom stereocenters. The van der Waals surface area contributed by atoms with Crippen molar-refractivity contribution in [2.45, 2.75) is 0 Å². The molecule has 3 aromatic rings. The molecule has 0 radical (unpaired) electrons. The number of carbonyl (C=O) groups is 1. The van der Waals surface area contributed by atoms with Crippen LogP contribution < -0.4 is 0 Å². The third-order valence-corrected chi connectivity index (χ3v) is 3.88. The van der Waals surface area contributed by atoms with Gasteiger partial charge in [-0.2, -0.15) is 0 Å². The molecule has 0 aliphatic heterocycles. The van der Waals surface area contributed by atoms with E-state index in [1.54, 1.807) is 30.3 Å². The lowest BCUT2D eigenvalue weighted by molar-refractivity contribution is 0.0699. The van der Waals surface area contributed by atoms with Crippen molar-refractivity contribution in [3.63, 3.8) is 0 Å². The molecule has 110 valence electrons. The molecule has 0 spiro atoms. The minimum Gasteiger partial charge on any atom is -0.478 e. The smallest absolute Gasteiger partial charge is 0.337 e. The van der Waals surface area contributed by atoms with Gasteiger partial charge in [0.2, 0.25) is 0 Å². The van der Waals surface area contributed by atoms with Crippen LogP contribution in [-0.2, 0) is 0 Å². The van der Waals surface area contributed by atoms with Gasteiger partial charge in [-0.05, 0) is 35.9 Å². The number of carboxylic acid groups (broad SMARTS) is 1. The number of rotatable bonds is 3. The molecule has 0 aliphatic rings. The summed E-state index contributed by atoms with van der Waals surface area (Å²) in [6.07, 6.45) is 3.57. The number of aromatic carboxylic acids is 1. The molecule has 0 unspecified atom stereocenters. The zero-order valence-corrected chi connectivity index (χ0v) is 12.7. The standard InChI is InChI=1S/C16H10Cl2N2O2/c17-11-6-4-9(8-12(11)18)5-7-14-19-13-3-1-2-10(16(21)22)15(13)20-14/h1-8H,(H,19,20)(H,21,22). The van der Waals surface area contributed by atoms with Crippen LogP contribution in [0.3, 0.4) is 0 Å². The molecule has 2 aromatic carbocycles. The van der Waals surface area contributed by atoms with Crippen molar-refractivity contribution in [2.24, 2.45) is 0 Å². The van der Waals surface area contributed by atoms with Gasteiger partial charge in [0, 0.05) is 0 Å². The Kier molecular flexibility index (Phi) is 3.88. The number of halogens is 2. The number of aromatic amines is 1. The highest BCUT2D eigenvalue weighted by molar-refractivity contribution is 6.42. The molecule has 1 aromatic heterocycles. The molecule has 0 fully saturated rings. The van der Waals surface area contributed by atoms with Gasteiger partial charge >= 0.3 is 5.97 Å². The number of benzene rings is 2. The average Bonchev–Trinajstić information content (AvgIpc) is 2.91. The first-order chi connectivity index (χ1) is 10.5. The predicted molar refractivity (Wildman–Crippen MR) is 88.4 cm³/mol. The van der Waals surface area contributed by atoms with Crippen molar-refractivity contribution in [1.29, 1.82) is 0 Å². The molecule has 1 heterocycles. The van der Waals surface area contributed by atoms with E-state index >= 15 is 0 Å². The van der Waals surface area contributed by atoms with Crippen LogP contribution in [0.25, 0.3) is 23.2 Å². The Morgan fingerprint density at radius 1 is 1.14 bits per heavy atom. The minimum atomic E-state index is -1.00. The summed E-state index contributed by atoms with van der Waals surface area (Å²) in [4.78, 5) is 18.5. The lowest BCUT2D eigenvalue weighted by Gasteiger charge is -1.96. The number of aromatic nitrogens is 2. The first-order valence-electron chi connectivity index (χ1n) is 6.40. The molecule has 0 aliphatic carbocycles. The van der Waals surface area contributed by atoms with Crippen LogP contribution in [0.4, 0.5) is 0 Å². The summed E-state index contributed by atoms with van der Waals surface area (Å²) in [7, 11) is 0. The maximum absolute atomic E-state index is 11.2. The number of para-hydroxylation sites is 1. The fourth-order valence-corrected chi connectivity index (χ4v) is 2.40. The second-order valence-electron chi connectivity index (χ2n) is 4.64. The van der Waals surface area contributed by atoms with Gasteiger partial charge in [-0.1, -0.05) is 41.4 Å². The summed E-state index contributed by atoms with van der Waals surface area (Å²) in [6, 6.07) is 10.3. The maximum Gasteiger partial charge on any atom is 0.337 e. The lowest BCUT2D eigenvalue weighted by Crippen LogP contribution is -1.96. The quantitative estimate of drug-likeness (QED) is 0.728. The third kappa shape index (κ3) is 2.84. The van der Waals surface area contributed by atoms with Crippen molar-refractivity contribution >= 4 is 52.4 Å². The Hall–Kier alpha value is -2.30. The van der Waals surface area contributed by atoms with Crippen molar-refractivity contribution in [3.05, 3.63) is 63.4 Å². The number of H-pyrrole nitrogens is 1. The molecule has 0 bridgehead atoms. The number of hydrogen-bond donors (Lipinski definition) is 2. The highest BCUT2D eigenvalue weighted by Crippen LogP contribution is 2.24. The van der Waals surface area contributed by atoms with Crippen molar-refractivity contribution in [2.75, 3.05) is 0 Å². The lowest BCUT2D eigenvalue weighted by atomic mass is 10.2. The Balaban J connectivity index is 1.97. The van der Waals surface area contributed by atoms with E-state index in [9.17, 15) is 4.79 Å². The van der Waals surface area contributed by atoms with E-state index < -0.39 is 5.97 Å². The average molecular weight is 333 g/mol. The van der Waals surface area contributed by atoms with Crippen LogP contribution in [0, 0.1) is 0 Å². The van der Waals surface area contributed by atoms with Crippen LogP contribution >= 0.6 is 23.2 Å². The molecule has 4 nitrogen and oxygen atoms in total. The van der Waals surface area contributed by atoms with Gasteiger partial charge in [0.25, 0.3) is 0 Å². The SMILES string of the molecule is O=C(O)c1cccc2[nH]c(C=Cc3ccc(Cl)c(Cl)c3)nc12. The van der Waals surface area contributed by atoms with E-state index in [0.29, 0.717) is 26.9 Å². The Morgan fingerprint density at radius 3 is 2.68 bits per heavy atom. The van der Waals surface area contributed by atoms with Gasteiger partial charge in [0.15, 0.2) is 0 Å². The number of hydrogen-bond acceptors (Lipinski definition) is 2. The molecule has 0 saturated carbocycles. The topological polar surface area (TPSA) is 66.0 Å². The second-order valence-corrected chi connectivity index (χ2v) is 5.45. The van der Waals surface area contributed by atoms with E-state index in [0.717, 1.165) is 5.56 Å². The van der Waals surface area contributed by atoms with E-state index in [-0.39, 0.29) is 5.56 Å². The second kappa shape index (κ2) is 5.83. The van der Waals surface area contributed by atoms with E-state index in [2.05, 4.69) is 9.97 Å². The predicted octanol–water partition coefficient (Wildman–Crippen LogP) is 4.74. The number of fused-ring (bicyclic) bond motifs is 1. The van der Waals surface area contributed by atoms with E-state index in [4.69, 9.17) is 28.3 Å². The third-order valence-electron chi connectivity index (χ3n) is 3.14. The molecule has 0 amide bonds. The van der Waals surface area contributed by atoms with E-state index in [1.807, 2.05) is 12.1 Å². The fourth-order valence-electron chi connectivity index (χ4n) is 2.09. The number of imidazole rings is 1. The largest absolute Gasteiger partial charge is 0.478 e. The zero-order chi connectivity index (χ0) is 15.7. The van der Waals surface area contributed by atoms with Gasteiger partial charge in [0.1, 0.15) is 11.3 Å². The van der Waals surface area contributed by atoms with Gasteiger partial charge in [0.05, 0.1) is 21.1 Å². The molecule has 3 rings (SSSR count). The van der Waals surface area contributed by atoms with Gasteiger partial charge in [-0.15, -0.1) is 0 Å². The van der Waals surface area contributed by atoms with Crippen molar-refractivity contribution in [1.82, 2.24) is 9.97 Å². The van der Waals surface area contributed by atoms with Crippen LogP contribution in [-0.4, -0.2) is 21.0 Å². The Bertz CT molecular complexity index is 900. The van der Waals surface area contributed by atoms with Crippen molar-refractivity contribution < 1.29 is 9.90 Å². The number of nitrogens with zero attached hydrogens (tertiary/aromatic N) is 1. The maximum atomic E-state index is 11.2. The van der Waals surface area contributed by atoms with Crippen molar-refractivity contribution in [3.8, 4) is 0 Å². The summed E-state index contributed by atoms with van der Waals surface area (Å²) in [5.41, 5.74) is 2.15. The van der Waals surface area contributed by atoms with Crippen LogP contribution in [0.2, 0.25) is 10.0 Å². The van der Waals surface area contributed by atoms with Gasteiger partial charge in [-0.25, -0.2) is 9.78 Å². The monoisotopic (exact) mass is 332 g/mol. The minimum absolute atomic E-state index is 0.169. The fraction of sp³-hybridized carbons (Fsp3) is 0. The highest BCUT2D eigenvalue weighted by Gasteiger charge is 2.11. The first-order valence-corrected chi connectivity index (χ1v) is 7.15. The van der Waals surface area contributed by atoms with Crippen LogP contribution in [0.1, 0.15) is 21.7 Å². The zero-order valence-electron chi connectivity index (χ0n) is 11.2. The summed E-state index contributed by atoms with van der Waals surface area (Å²) >= 11 is 11.8. The molecule has 2 N–H and O–H groups in total. The Labute approximate surface area is 136 Å². The number of carboxylic acids is 1. The van der Waals surface area contributed by atoms with Crippen LogP contribution in [0.5, 0.6) is 0 Å². The van der Waals surface area contributed by atoms with Crippen LogP contribution in [0.15, 0.2) is 36.4 Å². The molecular formula is C16H10Cl2N2O2.